The van der Waals surface area contributed by atoms with Gasteiger partial charge in [0.15, 0.2) is 0 Å². The number of rotatable bonds is 7. The molecule has 0 unspecified atom stereocenters. The van der Waals surface area contributed by atoms with Gasteiger partial charge in [0.05, 0.1) is 10.5 Å². The second-order valence-electron chi connectivity index (χ2n) is 6.69. The van der Waals surface area contributed by atoms with Crippen LogP contribution in [0.5, 0.6) is 0 Å². The zero-order valence-electron chi connectivity index (χ0n) is 15.9. The van der Waals surface area contributed by atoms with E-state index in [0.29, 0.717) is 18.8 Å². The van der Waals surface area contributed by atoms with Gasteiger partial charge in [0.25, 0.3) is 0 Å². The molecule has 0 N–H and O–H groups in total. The monoisotopic (exact) mass is 394 g/mol. The topological polar surface area (TPSA) is 46.4 Å². The van der Waals surface area contributed by atoms with Gasteiger partial charge in [0.2, 0.25) is 5.70 Å². The standard InChI is InChI=1S/C23H20F2N2O2/c1-17(27(28)29)12-21-22(24)13-20(14-23(21)25)26(15-18-8-4-2-5-9-18)16-19-10-6-3-7-11-19/h2-14H,15-16H2,1H3/b17-12+. The molecular weight excluding hydrogens is 374 g/mol. The van der Waals surface area contributed by atoms with Gasteiger partial charge in [0, 0.05) is 31.8 Å². The number of nitro groups is 1. The van der Waals surface area contributed by atoms with Gasteiger partial charge in [-0.1, -0.05) is 60.7 Å². The van der Waals surface area contributed by atoms with Crippen molar-refractivity contribution in [2.75, 3.05) is 4.90 Å². The molecule has 3 aromatic carbocycles. The lowest BCUT2D eigenvalue weighted by Crippen LogP contribution is -2.22. The third-order valence-electron chi connectivity index (χ3n) is 4.50. The van der Waals surface area contributed by atoms with Gasteiger partial charge in [-0.25, -0.2) is 8.78 Å². The van der Waals surface area contributed by atoms with Crippen LogP contribution in [0.3, 0.4) is 0 Å². The van der Waals surface area contributed by atoms with Crippen molar-refractivity contribution in [2.45, 2.75) is 20.0 Å². The van der Waals surface area contributed by atoms with Crippen LogP contribution < -0.4 is 4.90 Å². The lowest BCUT2D eigenvalue weighted by molar-refractivity contribution is -0.422. The maximum Gasteiger partial charge on any atom is 0.244 e. The minimum absolute atomic E-state index is 0.332. The Labute approximate surface area is 167 Å². The number of hydrogen-bond acceptors (Lipinski definition) is 3. The Hall–Kier alpha value is -3.54. The van der Waals surface area contributed by atoms with Crippen molar-refractivity contribution in [3.8, 4) is 0 Å². The van der Waals surface area contributed by atoms with Gasteiger partial charge >= 0.3 is 0 Å². The van der Waals surface area contributed by atoms with E-state index in [2.05, 4.69) is 0 Å². The predicted octanol–water partition coefficient (Wildman–Crippen LogP) is 5.81. The summed E-state index contributed by atoms with van der Waals surface area (Å²) in [6.45, 7) is 2.11. The molecule has 0 aliphatic carbocycles. The van der Waals surface area contributed by atoms with Gasteiger partial charge < -0.3 is 4.90 Å². The Bertz CT molecular complexity index is 957. The van der Waals surface area contributed by atoms with Crippen LogP contribution in [0, 0.1) is 21.7 Å². The predicted molar refractivity (Wildman–Crippen MR) is 110 cm³/mol. The smallest absolute Gasteiger partial charge is 0.244 e. The van der Waals surface area contributed by atoms with Crippen molar-refractivity contribution >= 4 is 11.8 Å². The quantitative estimate of drug-likeness (QED) is 0.375. The summed E-state index contributed by atoms with van der Waals surface area (Å²) in [7, 11) is 0. The van der Waals surface area contributed by atoms with Crippen LogP contribution in [-0.2, 0) is 13.1 Å². The number of anilines is 1. The Morgan fingerprint density at radius 1 is 0.931 bits per heavy atom. The van der Waals surface area contributed by atoms with Crippen molar-refractivity contribution in [2.24, 2.45) is 0 Å². The fourth-order valence-corrected chi connectivity index (χ4v) is 3.00. The van der Waals surface area contributed by atoms with Crippen molar-refractivity contribution in [1.29, 1.82) is 0 Å². The highest BCUT2D eigenvalue weighted by Gasteiger charge is 2.17. The van der Waals surface area contributed by atoms with E-state index in [1.54, 1.807) is 0 Å². The molecule has 0 saturated carbocycles. The molecule has 0 saturated heterocycles. The van der Waals surface area contributed by atoms with E-state index in [9.17, 15) is 18.9 Å². The molecule has 0 spiro atoms. The Morgan fingerprint density at radius 3 is 1.79 bits per heavy atom. The summed E-state index contributed by atoms with van der Waals surface area (Å²) in [5.41, 5.74) is 1.61. The zero-order valence-corrected chi connectivity index (χ0v) is 15.9. The van der Waals surface area contributed by atoms with Crippen LogP contribution in [0.15, 0.2) is 78.5 Å². The Balaban J connectivity index is 1.98. The maximum absolute atomic E-state index is 14.6. The van der Waals surface area contributed by atoms with Crippen LogP contribution in [0.2, 0.25) is 0 Å². The van der Waals surface area contributed by atoms with E-state index in [4.69, 9.17) is 0 Å². The highest BCUT2D eigenvalue weighted by molar-refractivity contribution is 5.59. The summed E-state index contributed by atoms with van der Waals surface area (Å²) >= 11 is 0. The van der Waals surface area contributed by atoms with E-state index >= 15 is 0 Å². The molecular formula is C23H20F2N2O2. The van der Waals surface area contributed by atoms with E-state index in [0.717, 1.165) is 17.2 Å². The molecule has 0 bridgehead atoms. The molecule has 0 heterocycles. The molecule has 0 radical (unpaired) electrons. The first-order valence-corrected chi connectivity index (χ1v) is 9.08. The molecule has 4 nitrogen and oxygen atoms in total. The maximum atomic E-state index is 14.6. The highest BCUT2D eigenvalue weighted by atomic mass is 19.1. The van der Waals surface area contributed by atoms with Gasteiger partial charge in [-0.2, -0.15) is 0 Å². The molecule has 3 aromatic rings. The average molecular weight is 394 g/mol. The number of benzene rings is 3. The lowest BCUT2D eigenvalue weighted by atomic mass is 10.1. The summed E-state index contributed by atoms with van der Waals surface area (Å²) in [4.78, 5) is 12.0. The molecule has 3 rings (SSSR count). The SMILES string of the molecule is C/C(=C\c1c(F)cc(N(Cc2ccccc2)Cc2ccccc2)cc1F)[N+](=O)[O-]. The van der Waals surface area contributed by atoms with Gasteiger partial charge in [-0.3, -0.25) is 10.1 Å². The second-order valence-corrected chi connectivity index (χ2v) is 6.69. The van der Waals surface area contributed by atoms with Gasteiger partial charge in [0.1, 0.15) is 11.6 Å². The minimum atomic E-state index is -0.840. The first-order valence-electron chi connectivity index (χ1n) is 9.08. The van der Waals surface area contributed by atoms with Crippen LogP contribution >= 0.6 is 0 Å². The molecule has 0 fully saturated rings. The average Bonchev–Trinajstić information content (AvgIpc) is 2.71. The van der Waals surface area contributed by atoms with Crippen LogP contribution in [0.1, 0.15) is 23.6 Å². The van der Waals surface area contributed by atoms with Crippen molar-refractivity contribution < 1.29 is 13.7 Å². The van der Waals surface area contributed by atoms with Crippen LogP contribution in [-0.4, -0.2) is 4.92 Å². The van der Waals surface area contributed by atoms with E-state index in [1.165, 1.54) is 19.1 Å². The van der Waals surface area contributed by atoms with Crippen molar-refractivity contribution in [3.05, 3.63) is 117 Å². The van der Waals surface area contributed by atoms with Crippen molar-refractivity contribution in [1.82, 2.24) is 0 Å². The molecule has 148 valence electrons. The second kappa shape index (κ2) is 9.10. The van der Waals surface area contributed by atoms with Crippen LogP contribution in [0.25, 0.3) is 6.08 Å². The van der Waals surface area contributed by atoms with E-state index in [-0.39, 0.29) is 5.70 Å². The normalized spacial score (nSPS) is 11.3. The zero-order chi connectivity index (χ0) is 20.8. The summed E-state index contributed by atoms with van der Waals surface area (Å²) in [5.74, 6) is -1.68. The molecule has 0 aliphatic heterocycles. The number of hydrogen-bond donors (Lipinski definition) is 0. The number of halogens is 2. The third-order valence-corrected chi connectivity index (χ3v) is 4.50. The van der Waals surface area contributed by atoms with E-state index in [1.807, 2.05) is 65.6 Å². The first-order chi connectivity index (χ1) is 13.9. The fourth-order valence-electron chi connectivity index (χ4n) is 3.00. The summed E-state index contributed by atoms with van der Waals surface area (Å²) in [6.07, 6.45) is 0.910. The summed E-state index contributed by atoms with van der Waals surface area (Å²) in [5, 5.41) is 10.8. The molecule has 0 aliphatic rings. The molecule has 0 amide bonds. The van der Waals surface area contributed by atoms with E-state index < -0.39 is 22.1 Å². The third kappa shape index (κ3) is 5.25. The number of allylic oxidation sites excluding steroid dienone is 1. The molecule has 0 aromatic heterocycles. The summed E-state index contributed by atoms with van der Waals surface area (Å²) < 4.78 is 29.3. The minimum Gasteiger partial charge on any atom is -0.363 e. The Morgan fingerprint density at radius 2 is 1.38 bits per heavy atom. The fraction of sp³-hybridized carbons (Fsp3) is 0.130. The molecule has 29 heavy (non-hydrogen) atoms. The van der Waals surface area contributed by atoms with Crippen molar-refractivity contribution in [3.63, 3.8) is 0 Å². The van der Waals surface area contributed by atoms with Crippen LogP contribution in [0.4, 0.5) is 14.5 Å². The largest absolute Gasteiger partial charge is 0.363 e. The van der Waals surface area contributed by atoms with Gasteiger partial charge in [-0.05, 0) is 23.3 Å². The summed E-state index contributed by atoms with van der Waals surface area (Å²) in [6, 6.07) is 21.7. The highest BCUT2D eigenvalue weighted by Crippen LogP contribution is 2.27. The lowest BCUT2D eigenvalue weighted by Gasteiger charge is -2.26. The Kier molecular flexibility index (Phi) is 6.34. The first kappa shape index (κ1) is 20.2. The number of nitrogens with zero attached hydrogens (tertiary/aromatic N) is 2. The van der Waals surface area contributed by atoms with Gasteiger partial charge in [-0.15, -0.1) is 0 Å². The molecule has 6 heteroatoms. The molecule has 0 atom stereocenters.